The number of ether oxygens (including phenoxy) is 2. The van der Waals surface area contributed by atoms with Crippen LogP contribution < -0.4 is 15.2 Å². The van der Waals surface area contributed by atoms with Crippen molar-refractivity contribution in [3.8, 4) is 17.4 Å². The van der Waals surface area contributed by atoms with E-state index in [2.05, 4.69) is 25.9 Å². The molecule has 9 heteroatoms. The monoisotopic (exact) mass is 340 g/mol. The van der Waals surface area contributed by atoms with Crippen molar-refractivity contribution in [3.63, 3.8) is 0 Å². The van der Waals surface area contributed by atoms with Gasteiger partial charge in [-0.25, -0.2) is 4.98 Å². The molecule has 0 atom stereocenters. The summed E-state index contributed by atoms with van der Waals surface area (Å²) in [5.74, 6) is 0.224. The maximum absolute atomic E-state index is 11.0. The van der Waals surface area contributed by atoms with Gasteiger partial charge in [-0.2, -0.15) is 4.98 Å². The summed E-state index contributed by atoms with van der Waals surface area (Å²) in [6, 6.07) is 4.38. The molecule has 0 saturated carbocycles. The summed E-state index contributed by atoms with van der Waals surface area (Å²) in [6.07, 6.45) is 1.18. The van der Waals surface area contributed by atoms with Crippen molar-refractivity contribution >= 4 is 27.4 Å². The number of hydrogen-bond donors (Lipinski definition) is 1. The minimum absolute atomic E-state index is 0.00502. The quantitative estimate of drug-likeness (QED) is 0.671. The molecule has 0 radical (unpaired) electrons. The molecule has 0 saturated heterocycles. The highest BCUT2D eigenvalue weighted by molar-refractivity contribution is 9.10. The van der Waals surface area contributed by atoms with Crippen molar-refractivity contribution in [3.05, 3.63) is 39.1 Å². The Balaban J connectivity index is 2.45. The first kappa shape index (κ1) is 14.0. The number of nitrogens with two attached hydrogens (primary N) is 1. The standard InChI is InChI=1S/C11H9BrN4O4/c1-19-9-10(13)14-5-15-11(9)20-8-3-2-6(12)4-7(8)16(17)18/h2-5H,1H3,(H2,13,14,15). The number of nitrogen functional groups attached to an aromatic ring is 1. The summed E-state index contributed by atoms with van der Waals surface area (Å²) < 4.78 is 11.0. The number of rotatable bonds is 4. The molecular weight excluding hydrogens is 332 g/mol. The molecule has 0 aliphatic rings. The number of halogens is 1. The molecule has 8 nitrogen and oxygen atoms in total. The highest BCUT2D eigenvalue weighted by atomic mass is 79.9. The van der Waals surface area contributed by atoms with E-state index in [4.69, 9.17) is 15.2 Å². The summed E-state index contributed by atoms with van der Waals surface area (Å²) in [5, 5.41) is 11.0. The Morgan fingerprint density at radius 1 is 1.40 bits per heavy atom. The van der Waals surface area contributed by atoms with E-state index >= 15 is 0 Å². The SMILES string of the molecule is COc1c(N)ncnc1Oc1ccc(Br)cc1[N+](=O)[O-]. The van der Waals surface area contributed by atoms with Gasteiger partial charge < -0.3 is 15.2 Å². The molecule has 0 aliphatic heterocycles. The van der Waals surface area contributed by atoms with Crippen LogP contribution >= 0.6 is 15.9 Å². The fourth-order valence-electron chi connectivity index (χ4n) is 1.46. The van der Waals surface area contributed by atoms with Crippen LogP contribution in [0.5, 0.6) is 17.4 Å². The van der Waals surface area contributed by atoms with Gasteiger partial charge in [0.15, 0.2) is 5.82 Å². The minimum atomic E-state index is -0.558. The van der Waals surface area contributed by atoms with Crippen molar-refractivity contribution in [2.24, 2.45) is 0 Å². The maximum Gasteiger partial charge on any atom is 0.312 e. The molecule has 0 unspecified atom stereocenters. The predicted molar refractivity (Wildman–Crippen MR) is 73.9 cm³/mol. The predicted octanol–water partition coefficient (Wildman–Crippen LogP) is 2.53. The Morgan fingerprint density at radius 2 is 2.15 bits per heavy atom. The second-order valence-electron chi connectivity index (χ2n) is 3.57. The Kier molecular flexibility index (Phi) is 3.99. The summed E-state index contributed by atoms with van der Waals surface area (Å²) >= 11 is 3.16. The molecule has 0 amide bonds. The smallest absolute Gasteiger partial charge is 0.312 e. The molecule has 0 fully saturated rings. The lowest BCUT2D eigenvalue weighted by atomic mass is 10.3. The van der Waals surface area contributed by atoms with Gasteiger partial charge in [-0.3, -0.25) is 10.1 Å². The van der Waals surface area contributed by atoms with Crippen LogP contribution in [0.3, 0.4) is 0 Å². The maximum atomic E-state index is 11.0. The zero-order valence-electron chi connectivity index (χ0n) is 10.2. The Hall–Kier alpha value is -2.42. The van der Waals surface area contributed by atoms with E-state index in [9.17, 15) is 10.1 Å². The highest BCUT2D eigenvalue weighted by Gasteiger charge is 2.19. The fraction of sp³-hybridized carbons (Fsp3) is 0.0909. The van der Waals surface area contributed by atoms with E-state index in [0.717, 1.165) is 0 Å². The Morgan fingerprint density at radius 3 is 2.80 bits per heavy atom. The Labute approximate surface area is 121 Å². The van der Waals surface area contributed by atoms with Crippen molar-refractivity contribution in [2.75, 3.05) is 12.8 Å². The Bertz CT molecular complexity index is 665. The molecule has 1 aromatic carbocycles. The molecular formula is C11H9BrN4O4. The number of aromatic nitrogens is 2. The zero-order valence-corrected chi connectivity index (χ0v) is 11.8. The van der Waals surface area contributed by atoms with Gasteiger partial charge in [0.25, 0.3) is 5.88 Å². The van der Waals surface area contributed by atoms with Gasteiger partial charge in [0.05, 0.1) is 12.0 Å². The number of anilines is 1. The van der Waals surface area contributed by atoms with Gasteiger partial charge in [0.2, 0.25) is 11.5 Å². The van der Waals surface area contributed by atoms with Gasteiger partial charge in [-0.05, 0) is 12.1 Å². The lowest BCUT2D eigenvalue weighted by molar-refractivity contribution is -0.385. The molecule has 1 aromatic heterocycles. The molecule has 104 valence electrons. The van der Waals surface area contributed by atoms with E-state index in [1.165, 1.54) is 25.6 Å². The van der Waals surface area contributed by atoms with E-state index in [-0.39, 0.29) is 28.9 Å². The van der Waals surface area contributed by atoms with E-state index in [0.29, 0.717) is 4.47 Å². The van der Waals surface area contributed by atoms with Gasteiger partial charge in [0.1, 0.15) is 6.33 Å². The van der Waals surface area contributed by atoms with Crippen LogP contribution in [0.4, 0.5) is 11.5 Å². The van der Waals surface area contributed by atoms with Gasteiger partial charge in [0, 0.05) is 10.5 Å². The summed E-state index contributed by atoms with van der Waals surface area (Å²) in [7, 11) is 1.37. The molecule has 20 heavy (non-hydrogen) atoms. The van der Waals surface area contributed by atoms with Crippen LogP contribution in [0.2, 0.25) is 0 Å². The third kappa shape index (κ3) is 2.77. The summed E-state index contributed by atoms with van der Waals surface area (Å²) in [5.41, 5.74) is 5.40. The lowest BCUT2D eigenvalue weighted by Crippen LogP contribution is -2.01. The molecule has 2 rings (SSSR count). The topological polar surface area (TPSA) is 113 Å². The average Bonchev–Trinajstić information content (AvgIpc) is 2.41. The number of methoxy groups -OCH3 is 1. The summed E-state index contributed by atoms with van der Waals surface area (Å²) in [6.45, 7) is 0. The first-order valence-corrected chi connectivity index (χ1v) is 6.08. The van der Waals surface area contributed by atoms with E-state index in [1.54, 1.807) is 6.07 Å². The van der Waals surface area contributed by atoms with Crippen LogP contribution in [0, 0.1) is 10.1 Å². The first-order valence-electron chi connectivity index (χ1n) is 5.29. The molecule has 0 aliphatic carbocycles. The van der Waals surface area contributed by atoms with Crippen molar-refractivity contribution in [1.82, 2.24) is 9.97 Å². The second-order valence-corrected chi connectivity index (χ2v) is 4.48. The molecule has 0 bridgehead atoms. The zero-order chi connectivity index (χ0) is 14.7. The highest BCUT2D eigenvalue weighted by Crippen LogP contribution is 2.37. The van der Waals surface area contributed by atoms with Crippen LogP contribution in [-0.4, -0.2) is 22.0 Å². The van der Waals surface area contributed by atoms with Gasteiger partial charge in [-0.15, -0.1) is 0 Å². The average molecular weight is 341 g/mol. The lowest BCUT2D eigenvalue weighted by Gasteiger charge is -2.10. The van der Waals surface area contributed by atoms with E-state index < -0.39 is 4.92 Å². The van der Waals surface area contributed by atoms with Crippen molar-refractivity contribution in [1.29, 1.82) is 0 Å². The third-order valence-electron chi connectivity index (χ3n) is 2.33. The first-order chi connectivity index (χ1) is 9.52. The summed E-state index contributed by atoms with van der Waals surface area (Å²) in [4.78, 5) is 18.0. The number of nitro groups is 1. The van der Waals surface area contributed by atoms with Crippen LogP contribution in [0.15, 0.2) is 29.0 Å². The third-order valence-corrected chi connectivity index (χ3v) is 2.82. The normalized spacial score (nSPS) is 10.1. The molecule has 0 spiro atoms. The van der Waals surface area contributed by atoms with Gasteiger partial charge in [-0.1, -0.05) is 15.9 Å². The molecule has 2 N–H and O–H groups in total. The molecule has 2 aromatic rings. The number of benzene rings is 1. The van der Waals surface area contributed by atoms with Crippen molar-refractivity contribution < 1.29 is 14.4 Å². The van der Waals surface area contributed by atoms with Crippen molar-refractivity contribution in [2.45, 2.75) is 0 Å². The van der Waals surface area contributed by atoms with E-state index in [1.807, 2.05) is 0 Å². The number of nitro benzene ring substituents is 1. The van der Waals surface area contributed by atoms with Crippen LogP contribution in [-0.2, 0) is 0 Å². The number of hydrogen-bond acceptors (Lipinski definition) is 7. The molecule has 1 heterocycles. The fourth-order valence-corrected chi connectivity index (χ4v) is 1.81. The largest absolute Gasteiger partial charge is 0.489 e. The second kappa shape index (κ2) is 5.70. The minimum Gasteiger partial charge on any atom is -0.489 e. The van der Waals surface area contributed by atoms with Gasteiger partial charge >= 0.3 is 5.69 Å². The van der Waals surface area contributed by atoms with Crippen LogP contribution in [0.25, 0.3) is 0 Å². The number of nitrogens with zero attached hydrogens (tertiary/aromatic N) is 3. The van der Waals surface area contributed by atoms with Crippen LogP contribution in [0.1, 0.15) is 0 Å².